The lowest BCUT2D eigenvalue weighted by Crippen LogP contribution is -2.10. The number of esters is 1. The van der Waals surface area contributed by atoms with Crippen LogP contribution in [0.25, 0.3) is 0 Å². The molecule has 1 fully saturated rings. The highest BCUT2D eigenvalue weighted by molar-refractivity contribution is 6.43. The Kier molecular flexibility index (Phi) is 4.90. The summed E-state index contributed by atoms with van der Waals surface area (Å²) in [6.07, 6.45) is 6.43. The summed E-state index contributed by atoms with van der Waals surface area (Å²) >= 11 is 11.8. The van der Waals surface area contributed by atoms with Gasteiger partial charge in [-0.05, 0) is 24.5 Å². The number of carbonyl (C=O) groups excluding carboxylic acids is 1. The standard InChI is InChI=1S/C14H16Cl2O2/c15-11-6-3-7-12(14(11)16)18-13(17)9-8-10-4-1-2-5-10/h3,6-7,10H,1-2,4-5,8-9H2. The smallest absolute Gasteiger partial charge is 0.311 e. The van der Waals surface area contributed by atoms with E-state index >= 15 is 0 Å². The molecule has 0 unspecified atom stereocenters. The predicted molar refractivity (Wildman–Crippen MR) is 73.3 cm³/mol. The van der Waals surface area contributed by atoms with Gasteiger partial charge in [0, 0.05) is 6.42 Å². The maximum atomic E-state index is 11.7. The summed E-state index contributed by atoms with van der Waals surface area (Å²) in [5.41, 5.74) is 0. The van der Waals surface area contributed by atoms with E-state index in [4.69, 9.17) is 27.9 Å². The van der Waals surface area contributed by atoms with Gasteiger partial charge in [-0.3, -0.25) is 4.79 Å². The number of benzene rings is 1. The lowest BCUT2D eigenvalue weighted by atomic mass is 10.0. The largest absolute Gasteiger partial charge is 0.425 e. The molecule has 0 amide bonds. The molecule has 98 valence electrons. The second-order valence-corrected chi connectivity index (χ2v) is 5.50. The molecule has 0 saturated heterocycles. The van der Waals surface area contributed by atoms with E-state index in [-0.39, 0.29) is 5.97 Å². The van der Waals surface area contributed by atoms with E-state index in [1.807, 2.05) is 0 Å². The van der Waals surface area contributed by atoms with Gasteiger partial charge in [0.05, 0.1) is 5.02 Å². The quantitative estimate of drug-likeness (QED) is 0.583. The van der Waals surface area contributed by atoms with Crippen LogP contribution >= 0.6 is 23.2 Å². The fraction of sp³-hybridized carbons (Fsp3) is 0.500. The van der Waals surface area contributed by atoms with Crippen molar-refractivity contribution in [2.45, 2.75) is 38.5 Å². The van der Waals surface area contributed by atoms with Crippen molar-refractivity contribution in [1.82, 2.24) is 0 Å². The van der Waals surface area contributed by atoms with Gasteiger partial charge in [0.2, 0.25) is 0 Å². The second-order valence-electron chi connectivity index (χ2n) is 4.72. The molecule has 0 aromatic heterocycles. The molecular formula is C14H16Cl2O2. The number of hydrogen-bond donors (Lipinski definition) is 0. The van der Waals surface area contributed by atoms with Crippen molar-refractivity contribution in [2.75, 3.05) is 0 Å². The molecule has 0 bridgehead atoms. The lowest BCUT2D eigenvalue weighted by Gasteiger charge is -2.09. The van der Waals surface area contributed by atoms with E-state index in [2.05, 4.69) is 0 Å². The molecule has 18 heavy (non-hydrogen) atoms. The Balaban J connectivity index is 1.84. The molecule has 2 nitrogen and oxygen atoms in total. The predicted octanol–water partition coefficient (Wildman–Crippen LogP) is 4.87. The Bertz CT molecular complexity index is 426. The SMILES string of the molecule is O=C(CCC1CCCC1)Oc1cccc(Cl)c1Cl. The summed E-state index contributed by atoms with van der Waals surface area (Å²) in [4.78, 5) is 11.7. The normalized spacial score (nSPS) is 15.9. The number of rotatable bonds is 4. The highest BCUT2D eigenvalue weighted by atomic mass is 35.5. The molecule has 0 aliphatic heterocycles. The van der Waals surface area contributed by atoms with Crippen molar-refractivity contribution in [2.24, 2.45) is 5.92 Å². The van der Waals surface area contributed by atoms with Crippen molar-refractivity contribution < 1.29 is 9.53 Å². The van der Waals surface area contributed by atoms with Crippen LogP contribution in [0.15, 0.2) is 18.2 Å². The molecule has 0 N–H and O–H groups in total. The monoisotopic (exact) mass is 286 g/mol. The Morgan fingerprint density at radius 1 is 1.28 bits per heavy atom. The minimum Gasteiger partial charge on any atom is -0.425 e. The topological polar surface area (TPSA) is 26.3 Å². The lowest BCUT2D eigenvalue weighted by molar-refractivity contribution is -0.134. The van der Waals surface area contributed by atoms with Gasteiger partial charge in [0.1, 0.15) is 5.02 Å². The van der Waals surface area contributed by atoms with Gasteiger partial charge in [-0.2, -0.15) is 0 Å². The van der Waals surface area contributed by atoms with Crippen LogP contribution in [0.1, 0.15) is 38.5 Å². The number of carbonyl (C=O) groups is 1. The molecule has 1 aliphatic rings. The average Bonchev–Trinajstić information content (AvgIpc) is 2.86. The van der Waals surface area contributed by atoms with Gasteiger partial charge < -0.3 is 4.74 Å². The van der Waals surface area contributed by atoms with Crippen LogP contribution in [0.2, 0.25) is 10.0 Å². The molecule has 0 heterocycles. The molecule has 0 atom stereocenters. The summed E-state index contributed by atoms with van der Waals surface area (Å²) in [7, 11) is 0. The van der Waals surface area contributed by atoms with Crippen molar-refractivity contribution >= 4 is 29.2 Å². The molecule has 0 radical (unpaired) electrons. The Morgan fingerprint density at radius 3 is 2.72 bits per heavy atom. The van der Waals surface area contributed by atoms with Crippen LogP contribution in [-0.4, -0.2) is 5.97 Å². The summed E-state index contributed by atoms with van der Waals surface area (Å²) in [5.74, 6) is 0.805. The number of hydrogen-bond acceptors (Lipinski definition) is 2. The summed E-state index contributed by atoms with van der Waals surface area (Å²) < 4.78 is 5.23. The van der Waals surface area contributed by atoms with Gasteiger partial charge in [-0.1, -0.05) is 55.0 Å². The third-order valence-electron chi connectivity index (χ3n) is 3.37. The van der Waals surface area contributed by atoms with Gasteiger partial charge in [0.25, 0.3) is 0 Å². The minimum absolute atomic E-state index is 0.230. The molecule has 1 saturated carbocycles. The van der Waals surface area contributed by atoms with Gasteiger partial charge in [0.15, 0.2) is 5.75 Å². The third-order valence-corrected chi connectivity index (χ3v) is 4.17. The first-order valence-corrected chi connectivity index (χ1v) is 7.07. The van der Waals surface area contributed by atoms with Crippen LogP contribution in [0.5, 0.6) is 5.75 Å². The van der Waals surface area contributed by atoms with Crippen LogP contribution in [-0.2, 0) is 4.79 Å². The van der Waals surface area contributed by atoms with E-state index in [0.29, 0.717) is 28.1 Å². The zero-order valence-electron chi connectivity index (χ0n) is 10.1. The van der Waals surface area contributed by atoms with Gasteiger partial charge >= 0.3 is 5.97 Å². The van der Waals surface area contributed by atoms with E-state index in [9.17, 15) is 4.79 Å². The molecule has 1 aromatic carbocycles. The van der Waals surface area contributed by atoms with E-state index in [1.54, 1.807) is 18.2 Å². The first-order valence-electron chi connectivity index (χ1n) is 6.31. The van der Waals surface area contributed by atoms with Crippen molar-refractivity contribution in [3.8, 4) is 5.75 Å². The number of halogens is 2. The summed E-state index contributed by atoms with van der Waals surface area (Å²) in [6.45, 7) is 0. The minimum atomic E-state index is -0.230. The highest BCUT2D eigenvalue weighted by Gasteiger charge is 2.17. The molecule has 0 spiro atoms. The number of ether oxygens (including phenoxy) is 1. The molecular weight excluding hydrogens is 271 g/mol. The molecule has 1 aliphatic carbocycles. The van der Waals surface area contributed by atoms with Crippen molar-refractivity contribution in [3.05, 3.63) is 28.2 Å². The van der Waals surface area contributed by atoms with Crippen LogP contribution in [0, 0.1) is 5.92 Å². The zero-order chi connectivity index (χ0) is 13.0. The maximum Gasteiger partial charge on any atom is 0.311 e. The van der Waals surface area contributed by atoms with Crippen LogP contribution in [0.4, 0.5) is 0 Å². The maximum absolute atomic E-state index is 11.7. The Labute approximate surface area is 117 Å². The Morgan fingerprint density at radius 2 is 2.00 bits per heavy atom. The third kappa shape index (κ3) is 3.63. The van der Waals surface area contributed by atoms with Crippen LogP contribution < -0.4 is 4.74 Å². The Hall–Kier alpha value is -0.730. The summed E-state index contributed by atoms with van der Waals surface area (Å²) in [6, 6.07) is 5.04. The van der Waals surface area contributed by atoms with Gasteiger partial charge in [-0.25, -0.2) is 0 Å². The van der Waals surface area contributed by atoms with E-state index in [0.717, 1.165) is 6.42 Å². The fourth-order valence-electron chi connectivity index (χ4n) is 2.36. The molecule has 4 heteroatoms. The second kappa shape index (κ2) is 6.44. The fourth-order valence-corrected chi connectivity index (χ4v) is 2.69. The van der Waals surface area contributed by atoms with Crippen LogP contribution in [0.3, 0.4) is 0 Å². The van der Waals surface area contributed by atoms with Gasteiger partial charge in [-0.15, -0.1) is 0 Å². The first kappa shape index (κ1) is 13.7. The van der Waals surface area contributed by atoms with Crippen molar-refractivity contribution in [3.63, 3.8) is 0 Å². The highest BCUT2D eigenvalue weighted by Crippen LogP contribution is 2.32. The zero-order valence-corrected chi connectivity index (χ0v) is 11.6. The van der Waals surface area contributed by atoms with Crippen molar-refractivity contribution in [1.29, 1.82) is 0 Å². The molecule has 2 rings (SSSR count). The average molecular weight is 287 g/mol. The first-order chi connectivity index (χ1) is 8.66. The van der Waals surface area contributed by atoms with E-state index < -0.39 is 0 Å². The molecule has 1 aromatic rings. The van der Waals surface area contributed by atoms with E-state index in [1.165, 1.54) is 25.7 Å². The summed E-state index contributed by atoms with van der Waals surface area (Å²) in [5, 5.41) is 0.700.